The second-order valence-corrected chi connectivity index (χ2v) is 10.9. The molecule has 0 unspecified atom stereocenters. The third kappa shape index (κ3) is 6.42. The summed E-state index contributed by atoms with van der Waals surface area (Å²) in [4.78, 5) is 37.8. The van der Waals surface area contributed by atoms with Gasteiger partial charge in [0, 0.05) is 23.2 Å². The van der Waals surface area contributed by atoms with E-state index in [1.54, 1.807) is 12.1 Å². The van der Waals surface area contributed by atoms with Crippen LogP contribution in [-0.2, 0) is 15.6 Å². The van der Waals surface area contributed by atoms with Crippen molar-refractivity contribution in [1.29, 1.82) is 0 Å². The van der Waals surface area contributed by atoms with Crippen molar-refractivity contribution in [3.05, 3.63) is 71.3 Å². The van der Waals surface area contributed by atoms with Crippen LogP contribution < -0.4 is 0 Å². The molecule has 9 nitrogen and oxygen atoms in total. The van der Waals surface area contributed by atoms with Crippen LogP contribution in [0.3, 0.4) is 0 Å². The monoisotopic (exact) mass is 524 g/mol. The van der Waals surface area contributed by atoms with Crippen LogP contribution in [0.4, 0.5) is 4.39 Å². The van der Waals surface area contributed by atoms with Gasteiger partial charge in [-0.15, -0.1) is 0 Å². The Morgan fingerprint density at radius 3 is 1.91 bits per heavy atom. The molecule has 1 aromatic heterocycles. The molecule has 0 bridgehead atoms. The fraction of sp³-hybridized carbons (Fsp3) is 0.118. The van der Waals surface area contributed by atoms with Gasteiger partial charge < -0.3 is 24.7 Å². The molecule has 0 saturated carbocycles. The molecule has 0 aliphatic carbocycles. The standard InChI is InChI=1S/C17H16ClFN2O7P2.2Na.2H/c18-12-3-1-11(2-4-12)15-10-21(14-7-5-13(19)6-8-14)20-16(15)9-17(22,29(23,24)25)30(26,27)28;;;;/h1-8,10,22H,9H2,(H2,23,24,25)(H2,26,27,28);;;;. The molecule has 2 aromatic carbocycles. The number of benzene rings is 2. The van der Waals surface area contributed by atoms with Crippen LogP contribution in [0.1, 0.15) is 5.69 Å². The first kappa shape index (κ1) is 30.2. The summed E-state index contributed by atoms with van der Waals surface area (Å²) in [7, 11) is -11.4. The molecule has 164 valence electrons. The molecule has 3 aromatic rings. The van der Waals surface area contributed by atoms with Gasteiger partial charge in [0.15, 0.2) is 0 Å². The maximum atomic E-state index is 13.2. The molecular formula is C17H18ClFN2Na2O7P2. The molecule has 5 N–H and O–H groups in total. The molecule has 0 amide bonds. The molecule has 0 aliphatic heterocycles. The predicted molar refractivity (Wildman–Crippen MR) is 121 cm³/mol. The molecule has 0 fully saturated rings. The second kappa shape index (κ2) is 11.2. The summed E-state index contributed by atoms with van der Waals surface area (Å²) in [6.07, 6.45) is 0.277. The van der Waals surface area contributed by atoms with Crippen LogP contribution in [-0.4, -0.2) is 98.7 Å². The van der Waals surface area contributed by atoms with Crippen molar-refractivity contribution in [3.63, 3.8) is 0 Å². The zero-order valence-electron chi connectivity index (χ0n) is 15.0. The van der Waals surface area contributed by atoms with E-state index >= 15 is 0 Å². The van der Waals surface area contributed by atoms with Gasteiger partial charge in [-0.25, -0.2) is 9.07 Å². The first-order chi connectivity index (χ1) is 13.8. The number of halogens is 2. The first-order valence-corrected chi connectivity index (χ1v) is 11.9. The minimum absolute atomic E-state index is 0. The van der Waals surface area contributed by atoms with E-state index in [1.165, 1.54) is 47.3 Å². The zero-order valence-corrected chi connectivity index (χ0v) is 17.5. The zero-order chi connectivity index (χ0) is 22.3. The third-order valence-corrected chi connectivity index (χ3v) is 8.37. The SMILES string of the molecule is O=P(O)(O)C(O)(Cc1nn(-c2ccc(F)cc2)cc1-c1ccc(Cl)cc1)P(=O)(O)O.[NaH].[NaH]. The molecule has 0 radical (unpaired) electrons. The quantitative estimate of drug-likeness (QED) is 0.241. The molecule has 0 atom stereocenters. The van der Waals surface area contributed by atoms with Crippen molar-refractivity contribution in [3.8, 4) is 16.8 Å². The summed E-state index contributed by atoms with van der Waals surface area (Å²) >= 11 is 5.88. The third-order valence-electron chi connectivity index (χ3n) is 4.37. The van der Waals surface area contributed by atoms with Crippen LogP contribution in [0.15, 0.2) is 54.7 Å². The Bertz CT molecular complexity index is 1140. The predicted octanol–water partition coefficient (Wildman–Crippen LogP) is 1.58. The van der Waals surface area contributed by atoms with Crippen molar-refractivity contribution < 1.29 is 38.2 Å². The van der Waals surface area contributed by atoms with E-state index in [9.17, 15) is 38.2 Å². The topological polar surface area (TPSA) is 153 Å². The van der Waals surface area contributed by atoms with Crippen LogP contribution in [0, 0.1) is 5.82 Å². The number of nitrogens with zero attached hydrogens (tertiary/aromatic N) is 2. The average Bonchev–Trinajstić information content (AvgIpc) is 3.04. The van der Waals surface area contributed by atoms with E-state index in [0.29, 0.717) is 16.3 Å². The Balaban J connectivity index is 0.00000256. The summed E-state index contributed by atoms with van der Waals surface area (Å²) in [5.74, 6) is -0.499. The summed E-state index contributed by atoms with van der Waals surface area (Å²) in [5.41, 5.74) is 0.863. The normalized spacial score (nSPS) is 12.1. The molecule has 1 heterocycles. The van der Waals surface area contributed by atoms with Crippen LogP contribution in [0.2, 0.25) is 5.02 Å². The number of aromatic nitrogens is 2. The van der Waals surface area contributed by atoms with Gasteiger partial charge in [0.05, 0.1) is 11.4 Å². The Morgan fingerprint density at radius 1 is 0.938 bits per heavy atom. The van der Waals surface area contributed by atoms with Crippen LogP contribution >= 0.6 is 26.8 Å². The fourth-order valence-electron chi connectivity index (χ4n) is 2.74. The molecule has 0 saturated heterocycles. The molecular weight excluding hydrogens is 507 g/mol. The number of rotatable bonds is 6. The fourth-order valence-corrected chi connectivity index (χ4v) is 4.93. The first-order valence-electron chi connectivity index (χ1n) is 8.26. The van der Waals surface area contributed by atoms with Crippen molar-refractivity contribution in [2.24, 2.45) is 0 Å². The summed E-state index contributed by atoms with van der Waals surface area (Å²) in [6.45, 7) is 0. The second-order valence-electron chi connectivity index (χ2n) is 6.46. The van der Waals surface area contributed by atoms with Gasteiger partial charge in [0.2, 0.25) is 0 Å². The maximum absolute atomic E-state index is 13.2. The Hall–Kier alpha value is 0.130. The average molecular weight is 525 g/mol. The van der Waals surface area contributed by atoms with E-state index in [1.807, 2.05) is 0 Å². The van der Waals surface area contributed by atoms with Crippen molar-refractivity contribution in [1.82, 2.24) is 9.78 Å². The van der Waals surface area contributed by atoms with Gasteiger partial charge >= 0.3 is 74.3 Å². The van der Waals surface area contributed by atoms with Crippen molar-refractivity contribution in [2.75, 3.05) is 0 Å². The minimum atomic E-state index is -5.69. The summed E-state index contributed by atoms with van der Waals surface area (Å²) in [5, 5.41) is 11.2. The number of hydrogen-bond donors (Lipinski definition) is 5. The molecule has 32 heavy (non-hydrogen) atoms. The molecule has 3 rings (SSSR count). The number of hydrogen-bond acceptors (Lipinski definition) is 4. The summed E-state index contributed by atoms with van der Waals surface area (Å²) < 4.78 is 38.0. The Labute approximate surface area is 231 Å². The molecule has 0 aliphatic rings. The van der Waals surface area contributed by atoms with Gasteiger partial charge in [-0.3, -0.25) is 9.13 Å². The van der Waals surface area contributed by atoms with Crippen molar-refractivity contribution in [2.45, 2.75) is 11.5 Å². The van der Waals surface area contributed by atoms with Gasteiger partial charge in [0.1, 0.15) is 5.82 Å². The van der Waals surface area contributed by atoms with Crippen LogP contribution in [0.25, 0.3) is 16.8 Å². The van der Waals surface area contributed by atoms with E-state index in [0.717, 1.165) is 0 Å². The van der Waals surface area contributed by atoms with Gasteiger partial charge in [-0.05, 0) is 42.0 Å². The number of aliphatic hydroxyl groups is 1. The van der Waals surface area contributed by atoms with E-state index < -0.39 is 32.5 Å². The Morgan fingerprint density at radius 2 is 1.44 bits per heavy atom. The Kier molecular flexibility index (Phi) is 10.6. The van der Waals surface area contributed by atoms with Gasteiger partial charge in [0.25, 0.3) is 5.08 Å². The van der Waals surface area contributed by atoms with Crippen LogP contribution in [0.5, 0.6) is 0 Å². The van der Waals surface area contributed by atoms with Gasteiger partial charge in [-0.1, -0.05) is 23.7 Å². The van der Waals surface area contributed by atoms with Crippen molar-refractivity contribution >= 4 is 85.9 Å². The van der Waals surface area contributed by atoms with Gasteiger partial charge in [-0.2, -0.15) is 5.10 Å². The van der Waals surface area contributed by atoms with E-state index in [4.69, 9.17) is 11.6 Å². The molecule has 0 spiro atoms. The van der Waals surface area contributed by atoms with E-state index in [-0.39, 0.29) is 70.4 Å². The molecule has 15 heteroatoms. The van der Waals surface area contributed by atoms with E-state index in [2.05, 4.69) is 5.10 Å². The summed E-state index contributed by atoms with van der Waals surface area (Å²) in [6, 6.07) is 11.3.